The van der Waals surface area contributed by atoms with Crippen LogP contribution < -0.4 is 10.6 Å². The van der Waals surface area contributed by atoms with E-state index in [2.05, 4.69) is 4.90 Å². The molecule has 0 amide bonds. The molecule has 0 aromatic heterocycles. The Hall–Kier alpha value is -1.09. The number of hydrogen-bond donors (Lipinski definition) is 1. The molecular weight excluding hydrogens is 179 g/mol. The molecular formula is C11H15FN2. The summed E-state index contributed by atoms with van der Waals surface area (Å²) in [6, 6.07) is 5.00. The molecule has 0 aliphatic carbocycles. The first-order valence-electron chi connectivity index (χ1n) is 4.86. The first kappa shape index (κ1) is 9.46. The predicted octanol–water partition coefficient (Wildman–Crippen LogP) is 1.71. The summed E-state index contributed by atoms with van der Waals surface area (Å²) in [5.41, 5.74) is 8.02. The molecule has 1 aromatic carbocycles. The van der Waals surface area contributed by atoms with Crippen molar-refractivity contribution in [2.75, 3.05) is 18.5 Å². The van der Waals surface area contributed by atoms with E-state index in [9.17, 15) is 4.39 Å². The van der Waals surface area contributed by atoms with Crippen molar-refractivity contribution in [2.45, 2.75) is 18.9 Å². The van der Waals surface area contributed by atoms with Crippen molar-refractivity contribution in [3.8, 4) is 0 Å². The van der Waals surface area contributed by atoms with Gasteiger partial charge in [-0.2, -0.15) is 0 Å². The van der Waals surface area contributed by atoms with Gasteiger partial charge in [0, 0.05) is 31.2 Å². The van der Waals surface area contributed by atoms with Crippen molar-refractivity contribution in [1.29, 1.82) is 0 Å². The van der Waals surface area contributed by atoms with E-state index in [4.69, 9.17) is 5.73 Å². The minimum absolute atomic E-state index is 0.0699. The number of hydrogen-bond acceptors (Lipinski definition) is 2. The highest BCUT2D eigenvalue weighted by molar-refractivity contribution is 5.60. The number of fused-ring (bicyclic) bond motifs is 1. The lowest BCUT2D eigenvalue weighted by Gasteiger charge is -2.15. The van der Waals surface area contributed by atoms with Gasteiger partial charge in [-0.3, -0.25) is 0 Å². The third kappa shape index (κ3) is 1.38. The molecule has 2 atom stereocenters. The summed E-state index contributed by atoms with van der Waals surface area (Å²) in [6.07, 6.45) is 0. The Bertz CT molecular complexity index is 349. The number of nitrogens with zero attached hydrogens (tertiary/aromatic N) is 1. The van der Waals surface area contributed by atoms with Crippen LogP contribution in [0.25, 0.3) is 0 Å². The van der Waals surface area contributed by atoms with Crippen molar-refractivity contribution in [3.63, 3.8) is 0 Å². The highest BCUT2D eigenvalue weighted by Gasteiger charge is 2.29. The molecule has 1 aliphatic rings. The average molecular weight is 194 g/mol. The molecule has 76 valence electrons. The molecule has 2 rings (SSSR count). The second-order valence-corrected chi connectivity index (χ2v) is 4.05. The fourth-order valence-electron chi connectivity index (χ4n) is 2.11. The van der Waals surface area contributed by atoms with Gasteiger partial charge in [-0.25, -0.2) is 4.39 Å². The molecule has 0 saturated carbocycles. The third-order valence-corrected chi connectivity index (χ3v) is 2.91. The third-order valence-electron chi connectivity index (χ3n) is 2.91. The molecule has 0 spiro atoms. The molecule has 2 unspecified atom stereocenters. The largest absolute Gasteiger partial charge is 0.374 e. The first-order chi connectivity index (χ1) is 6.59. The molecule has 0 radical (unpaired) electrons. The Morgan fingerprint density at radius 2 is 2.29 bits per heavy atom. The summed E-state index contributed by atoms with van der Waals surface area (Å²) >= 11 is 0. The molecule has 0 saturated heterocycles. The predicted molar refractivity (Wildman–Crippen MR) is 56.1 cm³/mol. The smallest absolute Gasteiger partial charge is 0.123 e. The molecule has 1 aliphatic heterocycles. The van der Waals surface area contributed by atoms with Crippen LogP contribution in [0.2, 0.25) is 0 Å². The van der Waals surface area contributed by atoms with Gasteiger partial charge >= 0.3 is 0 Å². The first-order valence-corrected chi connectivity index (χ1v) is 4.86. The van der Waals surface area contributed by atoms with E-state index in [0.29, 0.717) is 0 Å². The fraction of sp³-hybridized carbons (Fsp3) is 0.455. The zero-order chi connectivity index (χ0) is 10.3. The van der Waals surface area contributed by atoms with Gasteiger partial charge in [0.1, 0.15) is 5.82 Å². The summed E-state index contributed by atoms with van der Waals surface area (Å²) < 4.78 is 13.1. The second-order valence-electron chi connectivity index (χ2n) is 4.05. The molecule has 2 N–H and O–H groups in total. The van der Waals surface area contributed by atoms with E-state index in [0.717, 1.165) is 17.8 Å². The van der Waals surface area contributed by atoms with Crippen LogP contribution in [0, 0.1) is 5.82 Å². The van der Waals surface area contributed by atoms with E-state index < -0.39 is 0 Å². The van der Waals surface area contributed by atoms with Crippen molar-refractivity contribution in [1.82, 2.24) is 0 Å². The highest BCUT2D eigenvalue weighted by Crippen LogP contribution is 2.36. The minimum Gasteiger partial charge on any atom is -0.374 e. The van der Waals surface area contributed by atoms with Gasteiger partial charge in [0.2, 0.25) is 0 Å². The maximum atomic E-state index is 13.1. The number of anilines is 1. The van der Waals surface area contributed by atoms with Gasteiger partial charge in [-0.15, -0.1) is 0 Å². The molecule has 3 heteroatoms. The molecule has 0 bridgehead atoms. The van der Waals surface area contributed by atoms with Crippen molar-refractivity contribution >= 4 is 5.69 Å². The van der Waals surface area contributed by atoms with Gasteiger partial charge < -0.3 is 10.6 Å². The summed E-state index contributed by atoms with van der Waals surface area (Å²) in [5.74, 6) is 0.0791. The van der Waals surface area contributed by atoms with Crippen molar-refractivity contribution in [3.05, 3.63) is 29.6 Å². The lowest BCUT2D eigenvalue weighted by molar-refractivity contribution is 0.585. The molecule has 2 nitrogen and oxygen atoms in total. The normalized spacial score (nSPS) is 22.3. The second kappa shape index (κ2) is 3.24. The van der Waals surface area contributed by atoms with E-state index in [1.807, 2.05) is 20.0 Å². The van der Waals surface area contributed by atoms with Gasteiger partial charge in [0.05, 0.1) is 0 Å². The Balaban J connectivity index is 2.45. The lowest BCUT2D eigenvalue weighted by atomic mass is 9.95. The van der Waals surface area contributed by atoms with Crippen LogP contribution in [0.3, 0.4) is 0 Å². The van der Waals surface area contributed by atoms with Gasteiger partial charge in [-0.05, 0) is 30.7 Å². The Kier molecular flexibility index (Phi) is 2.19. The van der Waals surface area contributed by atoms with Crippen LogP contribution in [0.1, 0.15) is 18.4 Å². The zero-order valence-electron chi connectivity index (χ0n) is 8.50. The van der Waals surface area contributed by atoms with Crippen LogP contribution in [-0.2, 0) is 0 Å². The summed E-state index contributed by atoms with van der Waals surface area (Å²) in [6.45, 7) is 2.86. The number of rotatable bonds is 1. The number of benzene rings is 1. The number of nitrogens with two attached hydrogens (primary N) is 1. The average Bonchev–Trinajstić information content (AvgIpc) is 2.43. The van der Waals surface area contributed by atoms with Crippen molar-refractivity contribution in [2.24, 2.45) is 5.73 Å². The standard InChI is InChI=1S/C11H15FN2/c1-7(13)10-6-14(2)11-4-3-8(12)5-9(10)11/h3-5,7,10H,6,13H2,1-2H3. The highest BCUT2D eigenvalue weighted by atomic mass is 19.1. The maximum absolute atomic E-state index is 13.1. The number of likely N-dealkylation sites (N-methyl/N-ethyl adjacent to an activating group) is 1. The van der Waals surface area contributed by atoms with Crippen LogP contribution in [0.5, 0.6) is 0 Å². The van der Waals surface area contributed by atoms with Crippen LogP contribution in [0.4, 0.5) is 10.1 Å². The topological polar surface area (TPSA) is 29.3 Å². The van der Waals surface area contributed by atoms with E-state index >= 15 is 0 Å². The van der Waals surface area contributed by atoms with Gasteiger partial charge in [-0.1, -0.05) is 0 Å². The van der Waals surface area contributed by atoms with Crippen LogP contribution >= 0.6 is 0 Å². The Morgan fingerprint density at radius 3 is 2.93 bits per heavy atom. The monoisotopic (exact) mass is 194 g/mol. The van der Waals surface area contributed by atoms with Gasteiger partial charge in [0.15, 0.2) is 0 Å². The fourth-order valence-corrected chi connectivity index (χ4v) is 2.11. The van der Waals surface area contributed by atoms with Crippen molar-refractivity contribution < 1.29 is 4.39 Å². The zero-order valence-corrected chi connectivity index (χ0v) is 8.50. The van der Waals surface area contributed by atoms with Crippen LogP contribution in [0.15, 0.2) is 18.2 Å². The maximum Gasteiger partial charge on any atom is 0.123 e. The number of halogens is 1. The van der Waals surface area contributed by atoms with E-state index in [1.165, 1.54) is 6.07 Å². The molecule has 14 heavy (non-hydrogen) atoms. The molecule has 1 aromatic rings. The minimum atomic E-state index is -0.176. The molecule has 1 heterocycles. The molecule has 0 fully saturated rings. The quantitative estimate of drug-likeness (QED) is 0.737. The Morgan fingerprint density at radius 1 is 1.57 bits per heavy atom. The van der Waals surface area contributed by atoms with Crippen LogP contribution in [-0.4, -0.2) is 19.6 Å². The van der Waals surface area contributed by atoms with Gasteiger partial charge in [0.25, 0.3) is 0 Å². The lowest BCUT2D eigenvalue weighted by Crippen LogP contribution is -2.28. The van der Waals surface area contributed by atoms with E-state index in [1.54, 1.807) is 6.07 Å². The summed E-state index contributed by atoms with van der Waals surface area (Å²) in [7, 11) is 2.01. The summed E-state index contributed by atoms with van der Waals surface area (Å²) in [4.78, 5) is 2.13. The SMILES string of the molecule is CC(N)C1CN(C)c2ccc(F)cc21. The summed E-state index contributed by atoms with van der Waals surface area (Å²) in [5, 5.41) is 0. The Labute approximate surface area is 83.5 Å². The van der Waals surface area contributed by atoms with E-state index in [-0.39, 0.29) is 17.8 Å².